The minimum atomic E-state index is -3.64. The van der Waals surface area contributed by atoms with Gasteiger partial charge in [-0.15, -0.1) is 0 Å². The number of hydrogen-bond acceptors (Lipinski definition) is 4. The van der Waals surface area contributed by atoms with E-state index in [-0.39, 0.29) is 11.4 Å². The van der Waals surface area contributed by atoms with Crippen molar-refractivity contribution in [2.45, 2.75) is 44.6 Å². The quantitative estimate of drug-likeness (QED) is 0.688. The van der Waals surface area contributed by atoms with E-state index in [1.807, 2.05) is 13.8 Å². The first-order valence-electron chi connectivity index (χ1n) is 6.32. The Morgan fingerprint density at radius 1 is 1.37 bits per heavy atom. The molecule has 1 aromatic carbocycles. The average Bonchev–Trinajstić information content (AvgIpc) is 2.31. The number of aryl methyl sites for hydroxylation is 1. The van der Waals surface area contributed by atoms with E-state index in [2.05, 4.69) is 4.72 Å². The van der Waals surface area contributed by atoms with Crippen LogP contribution in [0.3, 0.4) is 0 Å². The number of nitrogens with two attached hydrogens (primary N) is 1. The first-order valence-corrected chi connectivity index (χ1v) is 7.80. The smallest absolute Gasteiger partial charge is 0.241 e. The molecule has 1 rings (SSSR count). The third-order valence-corrected chi connectivity index (χ3v) is 4.61. The van der Waals surface area contributed by atoms with Crippen molar-refractivity contribution < 1.29 is 13.5 Å². The van der Waals surface area contributed by atoms with Gasteiger partial charge in [0.25, 0.3) is 0 Å². The van der Waals surface area contributed by atoms with Gasteiger partial charge in [0.15, 0.2) is 0 Å². The van der Waals surface area contributed by atoms with Crippen LogP contribution in [0.5, 0.6) is 0 Å². The van der Waals surface area contributed by atoms with Gasteiger partial charge in [-0.2, -0.15) is 0 Å². The summed E-state index contributed by atoms with van der Waals surface area (Å²) in [6, 6.07) is 3.18. The molecule has 0 fully saturated rings. The Kier molecular flexibility index (Phi) is 5.34. The molecule has 4 N–H and O–H groups in total. The number of aliphatic hydroxyl groups is 1. The third kappa shape index (κ3) is 4.19. The van der Waals surface area contributed by atoms with E-state index >= 15 is 0 Å². The standard InChI is InChI=1S/C13H22N2O3S/c1-4-5-12(16)8-15-19(17,18)13-7-11(14)6-9(2)10(13)3/h6-7,12,15-16H,4-5,8,14H2,1-3H3. The number of nitrogens with one attached hydrogen (secondary N) is 1. The molecule has 0 spiro atoms. The molecule has 0 aliphatic rings. The van der Waals surface area contributed by atoms with Gasteiger partial charge in [-0.25, -0.2) is 13.1 Å². The number of sulfonamides is 1. The van der Waals surface area contributed by atoms with E-state index in [4.69, 9.17) is 5.73 Å². The first-order chi connectivity index (χ1) is 8.77. The highest BCUT2D eigenvalue weighted by atomic mass is 32.2. The summed E-state index contributed by atoms with van der Waals surface area (Å²) >= 11 is 0. The summed E-state index contributed by atoms with van der Waals surface area (Å²) < 4.78 is 26.8. The van der Waals surface area contributed by atoms with Crippen LogP contribution in [-0.4, -0.2) is 26.2 Å². The molecule has 1 unspecified atom stereocenters. The minimum absolute atomic E-state index is 0.0173. The van der Waals surface area contributed by atoms with Crippen LogP contribution in [0.1, 0.15) is 30.9 Å². The van der Waals surface area contributed by atoms with Gasteiger partial charge in [-0.05, 0) is 43.5 Å². The highest BCUT2D eigenvalue weighted by molar-refractivity contribution is 7.89. The zero-order chi connectivity index (χ0) is 14.6. The molecule has 5 nitrogen and oxygen atoms in total. The van der Waals surface area contributed by atoms with Gasteiger partial charge in [0.1, 0.15) is 0 Å². The van der Waals surface area contributed by atoms with Crippen molar-refractivity contribution in [2.24, 2.45) is 0 Å². The zero-order valence-corrected chi connectivity index (χ0v) is 12.4. The topological polar surface area (TPSA) is 92.4 Å². The lowest BCUT2D eigenvalue weighted by atomic mass is 10.1. The zero-order valence-electron chi connectivity index (χ0n) is 11.6. The van der Waals surface area contributed by atoms with Crippen LogP contribution >= 0.6 is 0 Å². The predicted octanol–water partition coefficient (Wildman–Crippen LogP) is 1.32. The molecule has 1 aromatic rings. The predicted molar refractivity (Wildman–Crippen MR) is 76.4 cm³/mol. The average molecular weight is 286 g/mol. The van der Waals surface area contributed by atoms with E-state index in [0.717, 1.165) is 12.0 Å². The molecule has 0 bridgehead atoms. The lowest BCUT2D eigenvalue weighted by Gasteiger charge is -2.14. The van der Waals surface area contributed by atoms with Crippen LogP contribution in [0, 0.1) is 13.8 Å². The molecule has 0 aliphatic heterocycles. The number of anilines is 1. The maximum absolute atomic E-state index is 12.2. The maximum Gasteiger partial charge on any atom is 0.241 e. The molecule has 1 atom stereocenters. The Morgan fingerprint density at radius 2 is 2.00 bits per heavy atom. The molecule has 0 aliphatic carbocycles. The maximum atomic E-state index is 12.2. The second-order valence-corrected chi connectivity index (χ2v) is 6.49. The van der Waals surface area contributed by atoms with Crippen molar-refractivity contribution in [2.75, 3.05) is 12.3 Å². The molecule has 0 saturated heterocycles. The van der Waals surface area contributed by atoms with E-state index < -0.39 is 16.1 Å². The lowest BCUT2D eigenvalue weighted by Crippen LogP contribution is -2.32. The highest BCUT2D eigenvalue weighted by Gasteiger charge is 2.19. The molecular formula is C13H22N2O3S. The van der Waals surface area contributed by atoms with Crippen molar-refractivity contribution >= 4 is 15.7 Å². The molecule has 6 heteroatoms. The highest BCUT2D eigenvalue weighted by Crippen LogP contribution is 2.22. The fourth-order valence-corrected chi connectivity index (χ4v) is 3.27. The van der Waals surface area contributed by atoms with Crippen molar-refractivity contribution in [1.29, 1.82) is 0 Å². The Bertz CT molecular complexity index is 541. The minimum Gasteiger partial charge on any atom is -0.399 e. The van der Waals surface area contributed by atoms with Gasteiger partial charge in [-0.3, -0.25) is 0 Å². The number of benzene rings is 1. The van der Waals surface area contributed by atoms with Gasteiger partial charge >= 0.3 is 0 Å². The van der Waals surface area contributed by atoms with Crippen molar-refractivity contribution in [3.05, 3.63) is 23.3 Å². The van der Waals surface area contributed by atoms with Gasteiger partial charge < -0.3 is 10.8 Å². The van der Waals surface area contributed by atoms with Crippen molar-refractivity contribution in [1.82, 2.24) is 4.72 Å². The van der Waals surface area contributed by atoms with Crippen LogP contribution in [-0.2, 0) is 10.0 Å². The third-order valence-electron chi connectivity index (χ3n) is 3.06. The van der Waals surface area contributed by atoms with Gasteiger partial charge in [0.2, 0.25) is 10.0 Å². The lowest BCUT2D eigenvalue weighted by molar-refractivity contribution is 0.167. The largest absolute Gasteiger partial charge is 0.399 e. The SMILES string of the molecule is CCCC(O)CNS(=O)(=O)c1cc(N)cc(C)c1C. The monoisotopic (exact) mass is 286 g/mol. The van der Waals surface area contributed by atoms with Crippen LogP contribution in [0.15, 0.2) is 17.0 Å². The number of hydrogen-bond donors (Lipinski definition) is 3. The van der Waals surface area contributed by atoms with Gasteiger partial charge in [0.05, 0.1) is 11.0 Å². The van der Waals surface area contributed by atoms with E-state index in [1.54, 1.807) is 13.0 Å². The second kappa shape index (κ2) is 6.36. The molecule has 19 heavy (non-hydrogen) atoms. The van der Waals surface area contributed by atoms with Gasteiger partial charge in [-0.1, -0.05) is 13.3 Å². The first kappa shape index (κ1) is 15.9. The molecule has 0 aromatic heterocycles. The Morgan fingerprint density at radius 3 is 2.58 bits per heavy atom. The summed E-state index contributed by atoms with van der Waals surface area (Å²) in [5.41, 5.74) is 7.60. The summed E-state index contributed by atoms with van der Waals surface area (Å²) in [5, 5.41) is 9.59. The van der Waals surface area contributed by atoms with Crippen LogP contribution in [0.2, 0.25) is 0 Å². The van der Waals surface area contributed by atoms with Gasteiger partial charge in [0, 0.05) is 12.2 Å². The molecule has 0 radical (unpaired) electrons. The molecule has 108 valence electrons. The summed E-state index contributed by atoms with van der Waals surface area (Å²) in [6.45, 7) is 5.51. The van der Waals surface area contributed by atoms with Crippen LogP contribution in [0.25, 0.3) is 0 Å². The summed E-state index contributed by atoms with van der Waals surface area (Å²) in [6.07, 6.45) is 0.707. The number of nitrogen functional groups attached to an aromatic ring is 1. The van der Waals surface area contributed by atoms with Crippen LogP contribution < -0.4 is 10.5 Å². The van der Waals surface area contributed by atoms with E-state index in [0.29, 0.717) is 17.7 Å². The normalized spacial score (nSPS) is 13.5. The Labute approximate surface area is 114 Å². The summed E-state index contributed by atoms with van der Waals surface area (Å²) in [4.78, 5) is 0.175. The van der Waals surface area contributed by atoms with Crippen LogP contribution in [0.4, 0.5) is 5.69 Å². The summed E-state index contributed by atoms with van der Waals surface area (Å²) in [7, 11) is -3.64. The number of rotatable bonds is 6. The molecular weight excluding hydrogens is 264 g/mol. The Balaban J connectivity index is 2.95. The Hall–Kier alpha value is -1.11. The van der Waals surface area contributed by atoms with E-state index in [1.165, 1.54) is 6.07 Å². The van der Waals surface area contributed by atoms with Crippen molar-refractivity contribution in [3.8, 4) is 0 Å². The number of aliphatic hydroxyl groups excluding tert-OH is 1. The second-order valence-electron chi connectivity index (χ2n) is 4.76. The molecule has 0 heterocycles. The summed E-state index contributed by atoms with van der Waals surface area (Å²) in [5.74, 6) is 0. The van der Waals surface area contributed by atoms with E-state index in [9.17, 15) is 13.5 Å². The fraction of sp³-hybridized carbons (Fsp3) is 0.538. The molecule has 0 amide bonds. The fourth-order valence-electron chi connectivity index (χ4n) is 1.85. The van der Waals surface area contributed by atoms with Crippen molar-refractivity contribution in [3.63, 3.8) is 0 Å². The molecule has 0 saturated carbocycles.